The molecule has 15 nitrogen and oxygen atoms in total. The summed E-state index contributed by atoms with van der Waals surface area (Å²) in [6.07, 6.45) is 1.85. The maximum Gasteiger partial charge on any atom is 0.317 e. The molecule has 1 atom stereocenters. The number of nitrogens with two attached hydrogens (primary N) is 1. The van der Waals surface area contributed by atoms with Crippen molar-refractivity contribution in [3.63, 3.8) is 0 Å². The van der Waals surface area contributed by atoms with Crippen molar-refractivity contribution < 1.29 is 39.3 Å². The fraction of sp³-hybridized carbons (Fsp3) is 0.815. The van der Waals surface area contributed by atoms with Crippen LogP contribution in [0.25, 0.3) is 0 Å². The highest BCUT2D eigenvalue weighted by molar-refractivity contribution is 5.82. The van der Waals surface area contributed by atoms with Gasteiger partial charge >= 0.3 is 17.9 Å². The molecule has 2 saturated heterocycles. The lowest BCUT2D eigenvalue weighted by atomic mass is 10.0. The van der Waals surface area contributed by atoms with E-state index in [0.717, 1.165) is 0 Å². The van der Waals surface area contributed by atoms with Crippen molar-refractivity contribution in [3.8, 4) is 0 Å². The molecule has 0 unspecified atom stereocenters. The summed E-state index contributed by atoms with van der Waals surface area (Å²) in [6.45, 7) is 7.20. The van der Waals surface area contributed by atoms with Crippen LogP contribution < -0.4 is 11.1 Å². The van der Waals surface area contributed by atoms with Crippen LogP contribution in [0.1, 0.15) is 33.1 Å². The molecule has 2 aliphatic rings. The van der Waals surface area contributed by atoms with Crippen molar-refractivity contribution in [2.45, 2.75) is 45.2 Å². The normalized spacial score (nSPS) is 20.4. The van der Waals surface area contributed by atoms with Gasteiger partial charge in [-0.2, -0.15) is 0 Å². The predicted octanol–water partition coefficient (Wildman–Crippen LogP) is -2.06. The van der Waals surface area contributed by atoms with Crippen LogP contribution in [0.4, 0.5) is 0 Å². The Morgan fingerprint density at radius 1 is 0.667 bits per heavy atom. The number of aliphatic carboxylic acids is 3. The van der Waals surface area contributed by atoms with Gasteiger partial charge in [0, 0.05) is 71.5 Å². The van der Waals surface area contributed by atoms with Crippen molar-refractivity contribution in [2.75, 3.05) is 91.6 Å². The fourth-order valence-electron chi connectivity index (χ4n) is 5.27. The zero-order chi connectivity index (χ0) is 31.2. The third-order valence-corrected chi connectivity index (χ3v) is 7.62. The van der Waals surface area contributed by atoms with Crippen LogP contribution in [0.3, 0.4) is 0 Å². The number of amides is 2. The highest BCUT2D eigenvalue weighted by Crippen LogP contribution is 2.12. The van der Waals surface area contributed by atoms with Gasteiger partial charge in [0.2, 0.25) is 11.8 Å². The van der Waals surface area contributed by atoms with E-state index in [9.17, 15) is 39.3 Å². The monoisotopic (exact) mass is 599 g/mol. The Kier molecular flexibility index (Phi) is 15.1. The lowest BCUT2D eigenvalue weighted by Crippen LogP contribution is -2.53. The molecule has 0 aromatic rings. The Hall–Kier alpha value is -2.85. The molecule has 2 rings (SSSR count). The molecule has 0 radical (unpaired) electrons. The molecule has 6 N–H and O–H groups in total. The van der Waals surface area contributed by atoms with Gasteiger partial charge in [-0.15, -0.1) is 0 Å². The highest BCUT2D eigenvalue weighted by Gasteiger charge is 2.27. The van der Waals surface area contributed by atoms with E-state index >= 15 is 0 Å². The van der Waals surface area contributed by atoms with Crippen LogP contribution in [0, 0.1) is 5.92 Å². The quantitative estimate of drug-likeness (QED) is 0.164. The maximum atomic E-state index is 13.3. The molecular formula is C27H49N7O8. The third-order valence-electron chi connectivity index (χ3n) is 7.62. The van der Waals surface area contributed by atoms with Crippen LogP contribution in [0.15, 0.2) is 0 Å². The third kappa shape index (κ3) is 13.9. The molecule has 0 aromatic heterocycles. The predicted molar refractivity (Wildman–Crippen MR) is 154 cm³/mol. The van der Waals surface area contributed by atoms with Crippen LogP contribution in [-0.4, -0.2) is 173 Å². The van der Waals surface area contributed by atoms with Crippen LogP contribution in [-0.2, 0) is 24.0 Å². The summed E-state index contributed by atoms with van der Waals surface area (Å²) in [4.78, 5) is 68.8. The summed E-state index contributed by atoms with van der Waals surface area (Å²) in [5.74, 6) is -2.94. The Labute approximate surface area is 247 Å². The number of hydrogen-bond donors (Lipinski definition) is 5. The van der Waals surface area contributed by atoms with Gasteiger partial charge in [-0.25, -0.2) is 0 Å². The molecular weight excluding hydrogens is 550 g/mol. The zero-order valence-corrected chi connectivity index (χ0v) is 24.9. The minimum Gasteiger partial charge on any atom is -0.480 e. The molecule has 0 bridgehead atoms. The molecule has 0 aromatic carbocycles. The molecule has 2 fully saturated rings. The van der Waals surface area contributed by atoms with Gasteiger partial charge in [-0.3, -0.25) is 43.6 Å². The van der Waals surface area contributed by atoms with E-state index in [-0.39, 0.29) is 44.0 Å². The summed E-state index contributed by atoms with van der Waals surface area (Å²) in [5.41, 5.74) is 6.00. The van der Waals surface area contributed by atoms with Crippen LogP contribution in [0.5, 0.6) is 0 Å². The van der Waals surface area contributed by atoms with Crippen LogP contribution in [0.2, 0.25) is 0 Å². The first-order valence-corrected chi connectivity index (χ1v) is 14.7. The minimum absolute atomic E-state index is 0.0451. The first-order chi connectivity index (χ1) is 19.8. The van der Waals surface area contributed by atoms with Gasteiger partial charge in [-0.1, -0.05) is 13.8 Å². The van der Waals surface area contributed by atoms with E-state index in [1.807, 2.05) is 18.7 Å². The molecule has 2 amide bonds. The number of carbonyl (C=O) groups is 5. The van der Waals surface area contributed by atoms with Crippen LogP contribution >= 0.6 is 0 Å². The summed E-state index contributed by atoms with van der Waals surface area (Å²) < 4.78 is 0. The fourth-order valence-corrected chi connectivity index (χ4v) is 5.27. The Balaban J connectivity index is 2.01. The van der Waals surface area contributed by atoms with E-state index < -0.39 is 23.9 Å². The Morgan fingerprint density at radius 2 is 1.02 bits per heavy atom. The number of rotatable bonds is 12. The van der Waals surface area contributed by atoms with Crippen molar-refractivity contribution in [3.05, 3.63) is 0 Å². The Morgan fingerprint density at radius 3 is 1.36 bits per heavy atom. The zero-order valence-electron chi connectivity index (χ0n) is 24.9. The number of carbonyl (C=O) groups excluding carboxylic acids is 2. The van der Waals surface area contributed by atoms with E-state index in [0.29, 0.717) is 90.6 Å². The number of hydrogen-bond acceptors (Lipinski definition) is 10. The first kappa shape index (κ1) is 35.3. The summed E-state index contributed by atoms with van der Waals surface area (Å²) in [7, 11) is 0. The maximum absolute atomic E-state index is 13.3. The number of likely N-dealkylation sites (tertiary alicyclic amines) is 1. The average Bonchev–Trinajstić information content (AvgIpc) is 2.89. The minimum atomic E-state index is -1.01. The number of piperidine rings is 1. The van der Waals surface area contributed by atoms with Crippen molar-refractivity contribution in [2.24, 2.45) is 11.7 Å². The van der Waals surface area contributed by atoms with Gasteiger partial charge < -0.3 is 31.3 Å². The van der Waals surface area contributed by atoms with E-state index in [2.05, 4.69) is 5.32 Å². The lowest BCUT2D eigenvalue weighted by molar-refractivity contribution is -0.141. The molecule has 0 spiro atoms. The number of nitrogens with one attached hydrogen (secondary N) is 1. The lowest BCUT2D eigenvalue weighted by Gasteiger charge is -2.36. The van der Waals surface area contributed by atoms with Gasteiger partial charge in [-0.05, 0) is 25.2 Å². The largest absolute Gasteiger partial charge is 0.480 e. The average molecular weight is 600 g/mol. The van der Waals surface area contributed by atoms with E-state index in [4.69, 9.17) is 5.73 Å². The standard InChI is InChI=1S/C27H49N7O8/c1-20(2)15-22(28)27(42)29-21-3-5-34(6-4-21)23(35)16-30-7-9-31(17-24(36)37)11-13-33(19-26(40)41)14-12-32(10-8-30)18-25(38)39/h20-22H,3-19,28H2,1-2H3,(H,29,42)(H,36,37)(H,38,39)(H,40,41)/t22-/m1/s1. The van der Waals surface area contributed by atoms with E-state index in [1.54, 1.807) is 19.6 Å². The van der Waals surface area contributed by atoms with Crippen molar-refractivity contribution in [1.29, 1.82) is 0 Å². The summed E-state index contributed by atoms with van der Waals surface area (Å²) >= 11 is 0. The molecule has 15 heteroatoms. The van der Waals surface area contributed by atoms with Gasteiger partial charge in [0.05, 0.1) is 32.2 Å². The number of carboxylic acids is 3. The Bertz CT molecular complexity index is 881. The topological polar surface area (TPSA) is 200 Å². The van der Waals surface area contributed by atoms with Gasteiger partial charge in [0.1, 0.15) is 0 Å². The highest BCUT2D eigenvalue weighted by atomic mass is 16.4. The number of nitrogens with zero attached hydrogens (tertiary/aromatic N) is 5. The molecule has 2 aliphatic heterocycles. The summed E-state index contributed by atoms with van der Waals surface area (Å²) in [6, 6.07) is -0.601. The molecule has 0 aliphatic carbocycles. The molecule has 42 heavy (non-hydrogen) atoms. The molecule has 0 saturated carbocycles. The molecule has 240 valence electrons. The number of carboxylic acid groups (broad SMARTS) is 3. The van der Waals surface area contributed by atoms with Gasteiger partial charge in [0.25, 0.3) is 0 Å². The second-order valence-electron chi connectivity index (χ2n) is 11.7. The second kappa shape index (κ2) is 18.0. The van der Waals surface area contributed by atoms with E-state index in [1.165, 1.54) is 0 Å². The SMILES string of the molecule is CC(C)C[C@@H](N)C(=O)NC1CCN(C(=O)CN2CCN(CC(=O)O)CCN(CC(=O)O)CCN(CC(=O)O)CC2)CC1. The van der Waals surface area contributed by atoms with Gasteiger partial charge in [0.15, 0.2) is 0 Å². The smallest absolute Gasteiger partial charge is 0.317 e. The van der Waals surface area contributed by atoms with Crippen molar-refractivity contribution in [1.82, 2.24) is 29.8 Å². The second-order valence-corrected chi connectivity index (χ2v) is 11.7. The first-order valence-electron chi connectivity index (χ1n) is 14.7. The molecule has 2 heterocycles. The summed E-state index contributed by atoms with van der Waals surface area (Å²) in [5, 5.41) is 31.1. The van der Waals surface area contributed by atoms with Crippen molar-refractivity contribution >= 4 is 29.7 Å².